The Kier molecular flexibility index (Phi) is 26.9. The average Bonchev–Trinajstić information content (AvgIpc) is 0.722. The molecule has 46 valence electrons. The fraction of sp³-hybridized carbons (Fsp3) is 0. The molecule has 0 unspecified atom stereocenters. The molecular formula is H6O5PRbTi. The van der Waals surface area contributed by atoms with Crippen molar-refractivity contribution in [2.75, 3.05) is 0 Å². The first-order valence-electron chi connectivity index (χ1n) is 0.783. The predicted octanol–water partition coefficient (Wildman–Crippen LogP) is -2.40. The Bertz CT molecular complexity index is 58.6. The maximum atomic E-state index is 8.88. The Morgan fingerprint density at radius 1 is 1.12 bits per heavy atom. The minimum atomic E-state index is -4.64. The minimum Gasteiger partial charge on any atom is 0 e. The molecule has 0 aliphatic carbocycles. The largest absolute Gasteiger partial charge is 0 e. The summed E-state index contributed by atoms with van der Waals surface area (Å²) in [5.41, 5.74) is 0. The van der Waals surface area contributed by atoms with Gasteiger partial charge in [-0.05, 0) is 0 Å². The summed E-state index contributed by atoms with van der Waals surface area (Å²) < 4.78 is 8.88. The Hall–Kier alpha value is 2.59. The van der Waals surface area contributed by atoms with Gasteiger partial charge < -0.3 is 20.2 Å². The van der Waals surface area contributed by atoms with Crippen molar-refractivity contribution in [2.45, 2.75) is 0 Å². The second-order valence-corrected chi connectivity index (χ2v) is 1.54. The van der Waals surface area contributed by atoms with Crippen LogP contribution in [0.2, 0.25) is 0 Å². The van der Waals surface area contributed by atoms with Crippen molar-refractivity contribution < 1.29 is 46.4 Å². The van der Waals surface area contributed by atoms with Crippen molar-refractivity contribution in [1.82, 2.24) is 0 Å². The first kappa shape index (κ1) is 22.4. The van der Waals surface area contributed by atoms with E-state index in [2.05, 4.69) is 0 Å². The molecule has 0 aliphatic rings. The molecule has 0 fully saturated rings. The van der Waals surface area contributed by atoms with Gasteiger partial charge in [-0.25, -0.2) is 4.57 Å². The van der Waals surface area contributed by atoms with Crippen LogP contribution in [0.4, 0.5) is 0 Å². The molecule has 5 nitrogen and oxygen atoms in total. The maximum Gasteiger partial charge on any atom is 0 e. The fourth-order valence-corrected chi connectivity index (χ4v) is 0. The fourth-order valence-electron chi connectivity index (χ4n) is 0. The van der Waals surface area contributed by atoms with Gasteiger partial charge >= 0.3 is 66.0 Å². The Labute approximate surface area is 110 Å². The predicted molar refractivity (Wildman–Crippen MR) is 25.0 cm³/mol. The third-order valence-electron chi connectivity index (χ3n) is 0. The molecule has 5 N–H and O–H groups in total. The van der Waals surface area contributed by atoms with Gasteiger partial charge in [0.25, 0.3) is 0 Å². The second kappa shape index (κ2) is 9.59. The monoisotopic (exact) mass is 250 g/mol. The van der Waals surface area contributed by atoms with E-state index in [1.807, 2.05) is 0 Å². The zero-order valence-corrected chi connectivity index (χ0v) is 5.65. The van der Waals surface area contributed by atoms with Crippen LogP contribution >= 0.6 is 7.82 Å². The van der Waals surface area contributed by atoms with Gasteiger partial charge in [0.1, 0.15) is 0 Å². The summed E-state index contributed by atoms with van der Waals surface area (Å²) in [5.74, 6) is 0. The van der Waals surface area contributed by atoms with Crippen LogP contribution < -0.4 is 0 Å². The molecule has 0 rings (SSSR count). The zero-order chi connectivity index (χ0) is 4.50. The van der Waals surface area contributed by atoms with Crippen LogP contribution in [0.15, 0.2) is 0 Å². The molecule has 8 heavy (non-hydrogen) atoms. The third kappa shape index (κ3) is 73.8. The van der Waals surface area contributed by atoms with Crippen LogP contribution in [0.25, 0.3) is 0 Å². The summed E-state index contributed by atoms with van der Waals surface area (Å²) in [4.78, 5) is 21.6. The van der Waals surface area contributed by atoms with E-state index < -0.39 is 7.82 Å². The van der Waals surface area contributed by atoms with Gasteiger partial charge in [0.05, 0.1) is 0 Å². The van der Waals surface area contributed by atoms with E-state index in [-0.39, 0.29) is 85.4 Å². The topological polar surface area (TPSA) is 109 Å². The van der Waals surface area contributed by atoms with Crippen molar-refractivity contribution >= 4 is 66.0 Å². The van der Waals surface area contributed by atoms with Crippen molar-refractivity contribution in [3.05, 3.63) is 0 Å². The van der Waals surface area contributed by atoms with Crippen molar-refractivity contribution in [3.8, 4) is 0 Å². The molecule has 0 spiro atoms. The molecule has 0 aromatic carbocycles. The SMILES string of the molecule is O.O=P(O)(O)O.[RbH].[Ti]. The average molecular weight is 250 g/mol. The number of phosphoric acid groups is 1. The number of hydrogen-bond acceptors (Lipinski definition) is 1. The summed E-state index contributed by atoms with van der Waals surface area (Å²) in [7, 11) is -4.64. The summed E-state index contributed by atoms with van der Waals surface area (Å²) >= 11 is 0. The van der Waals surface area contributed by atoms with Gasteiger partial charge in [-0.1, -0.05) is 0 Å². The molecule has 0 heterocycles. The van der Waals surface area contributed by atoms with E-state index in [1.54, 1.807) is 0 Å². The summed E-state index contributed by atoms with van der Waals surface area (Å²) in [5, 5.41) is 0. The molecule has 0 aromatic heterocycles. The minimum absolute atomic E-state index is 0. The van der Waals surface area contributed by atoms with Crippen molar-refractivity contribution in [2.24, 2.45) is 0 Å². The van der Waals surface area contributed by atoms with Crippen LogP contribution in [0.3, 0.4) is 0 Å². The van der Waals surface area contributed by atoms with Gasteiger partial charge in [-0.3, -0.25) is 0 Å². The Morgan fingerprint density at radius 3 is 1.12 bits per heavy atom. The molecule has 0 amide bonds. The normalized spacial score (nSPS) is 7.38. The standard InChI is InChI=1S/H3O4P.H2O.Rb.Ti.H/c1-5(2,3)4;;;;/h(H3,1,2,3,4);1H2;;;. The van der Waals surface area contributed by atoms with Crippen LogP contribution in [0.1, 0.15) is 0 Å². The van der Waals surface area contributed by atoms with E-state index in [4.69, 9.17) is 19.2 Å². The molecule has 0 saturated heterocycles. The second-order valence-electron chi connectivity index (χ2n) is 0.513. The van der Waals surface area contributed by atoms with Crippen molar-refractivity contribution in [3.63, 3.8) is 0 Å². The van der Waals surface area contributed by atoms with Gasteiger partial charge in [0.15, 0.2) is 0 Å². The summed E-state index contributed by atoms with van der Waals surface area (Å²) in [6.07, 6.45) is 0. The third-order valence-corrected chi connectivity index (χ3v) is 0. The summed E-state index contributed by atoms with van der Waals surface area (Å²) in [6.45, 7) is 0. The van der Waals surface area contributed by atoms with Crippen LogP contribution in [-0.4, -0.2) is 78.3 Å². The maximum absolute atomic E-state index is 8.88. The van der Waals surface area contributed by atoms with Crippen LogP contribution in [0.5, 0.6) is 0 Å². The van der Waals surface area contributed by atoms with E-state index >= 15 is 0 Å². The quantitative estimate of drug-likeness (QED) is 0.329. The number of rotatable bonds is 0. The van der Waals surface area contributed by atoms with E-state index in [0.29, 0.717) is 0 Å². The molecule has 0 radical (unpaired) electrons. The van der Waals surface area contributed by atoms with E-state index in [9.17, 15) is 0 Å². The molecule has 0 atom stereocenters. The molecule has 0 saturated carbocycles. The van der Waals surface area contributed by atoms with Gasteiger partial charge in [0.2, 0.25) is 0 Å². The molecule has 0 aliphatic heterocycles. The Morgan fingerprint density at radius 2 is 1.12 bits per heavy atom. The number of hydrogen-bond donors (Lipinski definition) is 3. The molecular weight excluding hydrogens is 244 g/mol. The van der Waals surface area contributed by atoms with E-state index in [1.165, 1.54) is 0 Å². The smallest absolute Gasteiger partial charge is 0 e. The van der Waals surface area contributed by atoms with Crippen molar-refractivity contribution in [1.29, 1.82) is 0 Å². The first-order valence-corrected chi connectivity index (χ1v) is 2.35. The van der Waals surface area contributed by atoms with Crippen LogP contribution in [0, 0.1) is 0 Å². The van der Waals surface area contributed by atoms with Crippen LogP contribution in [-0.2, 0) is 26.3 Å². The van der Waals surface area contributed by atoms with Gasteiger partial charge in [-0.2, -0.15) is 0 Å². The zero-order valence-electron chi connectivity index (χ0n) is 3.20. The van der Waals surface area contributed by atoms with Gasteiger partial charge in [-0.15, -0.1) is 0 Å². The molecule has 8 heteroatoms. The van der Waals surface area contributed by atoms with Gasteiger partial charge in [0, 0.05) is 21.7 Å². The van der Waals surface area contributed by atoms with E-state index in [0.717, 1.165) is 0 Å². The molecule has 0 aromatic rings. The summed E-state index contributed by atoms with van der Waals surface area (Å²) in [6, 6.07) is 0. The Balaban J connectivity index is -0.0000000267. The first-order chi connectivity index (χ1) is 2.00. The molecule has 0 bridgehead atoms.